The average molecular weight is 314 g/mol. The van der Waals surface area contributed by atoms with Crippen LogP contribution in [0.25, 0.3) is 10.2 Å². The van der Waals surface area contributed by atoms with Gasteiger partial charge in [-0.15, -0.1) is 11.3 Å². The third-order valence-corrected chi connectivity index (χ3v) is 6.04. The van der Waals surface area contributed by atoms with Gasteiger partial charge in [0.1, 0.15) is 4.90 Å². The maximum absolute atomic E-state index is 12.6. The Hall–Kier alpha value is -1.06. The Balaban J connectivity index is 2.01. The third-order valence-electron chi connectivity index (χ3n) is 3.27. The number of ether oxygens (including phenoxy) is 1. The van der Waals surface area contributed by atoms with E-state index in [1.807, 2.05) is 11.4 Å². The molecule has 2 aromatic heterocycles. The summed E-state index contributed by atoms with van der Waals surface area (Å²) in [6.07, 6.45) is 1.37. The Morgan fingerprint density at radius 2 is 2.40 bits per heavy atom. The van der Waals surface area contributed by atoms with Crippen molar-refractivity contribution in [3.05, 3.63) is 23.7 Å². The first-order chi connectivity index (χ1) is 9.63. The first kappa shape index (κ1) is 13.9. The first-order valence-corrected chi connectivity index (χ1v) is 8.48. The van der Waals surface area contributed by atoms with Gasteiger partial charge in [-0.3, -0.25) is 4.98 Å². The summed E-state index contributed by atoms with van der Waals surface area (Å²) < 4.78 is 32.6. The molecule has 0 saturated carbocycles. The minimum absolute atomic E-state index is 0.160. The minimum atomic E-state index is -3.66. The van der Waals surface area contributed by atoms with E-state index in [-0.39, 0.29) is 24.7 Å². The van der Waals surface area contributed by atoms with Crippen LogP contribution in [0.1, 0.15) is 0 Å². The van der Waals surface area contributed by atoms with Gasteiger partial charge in [-0.25, -0.2) is 8.42 Å². The Labute approximate surface area is 120 Å². The van der Waals surface area contributed by atoms with E-state index in [1.165, 1.54) is 21.8 Å². The molecule has 0 radical (unpaired) electrons. The van der Waals surface area contributed by atoms with Crippen molar-refractivity contribution in [3.63, 3.8) is 0 Å². The zero-order chi connectivity index (χ0) is 14.2. The molecule has 8 heteroatoms. The lowest BCUT2D eigenvalue weighted by Gasteiger charge is -2.33. The summed E-state index contributed by atoms with van der Waals surface area (Å²) in [7, 11) is -3.66. The molecule has 0 aromatic carbocycles. The molecule has 108 valence electrons. The lowest BCUT2D eigenvalue weighted by Crippen LogP contribution is -2.50. The minimum Gasteiger partial charge on any atom is -0.395 e. The van der Waals surface area contributed by atoms with E-state index in [4.69, 9.17) is 4.74 Å². The maximum Gasteiger partial charge on any atom is 0.245 e. The van der Waals surface area contributed by atoms with Gasteiger partial charge in [-0.05, 0) is 17.5 Å². The van der Waals surface area contributed by atoms with Gasteiger partial charge >= 0.3 is 0 Å². The molecule has 1 aliphatic heterocycles. The van der Waals surface area contributed by atoms with Crippen molar-refractivity contribution in [2.75, 3.05) is 26.4 Å². The van der Waals surface area contributed by atoms with Crippen LogP contribution in [0.2, 0.25) is 0 Å². The van der Waals surface area contributed by atoms with E-state index >= 15 is 0 Å². The number of thiophene rings is 1. The lowest BCUT2D eigenvalue weighted by molar-refractivity contribution is 0.0109. The van der Waals surface area contributed by atoms with Crippen molar-refractivity contribution >= 4 is 31.6 Å². The highest BCUT2D eigenvalue weighted by Crippen LogP contribution is 2.25. The van der Waals surface area contributed by atoms with Gasteiger partial charge in [0.05, 0.1) is 36.1 Å². The molecule has 0 bridgehead atoms. The predicted molar refractivity (Wildman–Crippen MR) is 75.2 cm³/mol. The molecule has 2 aromatic rings. The molecule has 0 spiro atoms. The second-order valence-electron chi connectivity index (χ2n) is 4.50. The monoisotopic (exact) mass is 314 g/mol. The molecule has 0 aliphatic carbocycles. The van der Waals surface area contributed by atoms with Crippen LogP contribution in [0.4, 0.5) is 0 Å². The number of hydrogen-bond donors (Lipinski definition) is 1. The summed E-state index contributed by atoms with van der Waals surface area (Å²) in [5.41, 5.74) is 0.787. The van der Waals surface area contributed by atoms with Gasteiger partial charge < -0.3 is 9.84 Å². The molecule has 6 nitrogen and oxygen atoms in total. The Morgan fingerprint density at radius 3 is 3.20 bits per heavy atom. The summed E-state index contributed by atoms with van der Waals surface area (Å²) >= 11 is 1.45. The van der Waals surface area contributed by atoms with Crippen molar-refractivity contribution in [2.24, 2.45) is 0 Å². The van der Waals surface area contributed by atoms with E-state index in [2.05, 4.69) is 4.98 Å². The van der Waals surface area contributed by atoms with Crippen LogP contribution in [-0.4, -0.2) is 55.2 Å². The van der Waals surface area contributed by atoms with Crippen LogP contribution >= 0.6 is 11.3 Å². The molecule has 0 amide bonds. The van der Waals surface area contributed by atoms with Crippen LogP contribution in [0.5, 0.6) is 0 Å². The smallest absolute Gasteiger partial charge is 0.245 e. The standard InChI is InChI=1S/C12H14N2O4S2/c15-7-9-8-18-3-2-14(9)20(16,17)10-5-12-11(13-6-10)1-4-19-12/h1,4-6,9,15H,2-3,7-8H2. The SMILES string of the molecule is O=S(=O)(c1cnc2ccsc2c1)N1CCOCC1CO. The lowest BCUT2D eigenvalue weighted by atomic mass is 10.3. The fourth-order valence-corrected chi connectivity index (χ4v) is 4.62. The fourth-order valence-electron chi connectivity index (χ4n) is 2.20. The number of hydrogen-bond acceptors (Lipinski definition) is 6. The van der Waals surface area contributed by atoms with E-state index in [9.17, 15) is 13.5 Å². The van der Waals surface area contributed by atoms with Crippen LogP contribution in [-0.2, 0) is 14.8 Å². The number of pyridine rings is 1. The number of fused-ring (bicyclic) bond motifs is 1. The summed E-state index contributed by atoms with van der Waals surface area (Å²) in [4.78, 5) is 4.32. The van der Waals surface area contributed by atoms with Crippen molar-refractivity contribution in [1.82, 2.24) is 9.29 Å². The highest BCUT2D eigenvalue weighted by Gasteiger charge is 2.34. The van der Waals surface area contributed by atoms with Crippen LogP contribution < -0.4 is 0 Å². The first-order valence-electron chi connectivity index (χ1n) is 6.16. The molecule has 1 atom stereocenters. The number of aliphatic hydroxyl groups excluding tert-OH is 1. The van der Waals surface area contributed by atoms with Crippen LogP contribution in [0.15, 0.2) is 28.6 Å². The maximum atomic E-state index is 12.6. The molecule has 1 fully saturated rings. The zero-order valence-corrected chi connectivity index (χ0v) is 12.2. The van der Waals surface area contributed by atoms with Gasteiger partial charge in [0.2, 0.25) is 10.0 Å². The van der Waals surface area contributed by atoms with Crippen molar-refractivity contribution in [2.45, 2.75) is 10.9 Å². The van der Waals surface area contributed by atoms with Gasteiger partial charge in [0, 0.05) is 12.7 Å². The topological polar surface area (TPSA) is 79.7 Å². The quantitative estimate of drug-likeness (QED) is 0.901. The van der Waals surface area contributed by atoms with Crippen LogP contribution in [0.3, 0.4) is 0 Å². The van der Waals surface area contributed by atoms with Crippen molar-refractivity contribution in [3.8, 4) is 0 Å². The number of aromatic nitrogens is 1. The van der Waals surface area contributed by atoms with E-state index < -0.39 is 16.1 Å². The number of aliphatic hydroxyl groups is 1. The highest BCUT2D eigenvalue weighted by molar-refractivity contribution is 7.89. The number of rotatable bonds is 3. The van der Waals surface area contributed by atoms with Gasteiger partial charge in [0.15, 0.2) is 0 Å². The summed E-state index contributed by atoms with van der Waals surface area (Å²) in [6, 6.07) is 2.95. The summed E-state index contributed by atoms with van der Waals surface area (Å²) in [6.45, 7) is 0.540. The largest absolute Gasteiger partial charge is 0.395 e. The molecular formula is C12H14N2O4S2. The second kappa shape index (κ2) is 5.38. The molecule has 3 heterocycles. The summed E-state index contributed by atoms with van der Waals surface area (Å²) in [5.74, 6) is 0. The Morgan fingerprint density at radius 1 is 1.55 bits per heavy atom. The van der Waals surface area contributed by atoms with E-state index in [1.54, 1.807) is 6.07 Å². The van der Waals surface area contributed by atoms with Gasteiger partial charge in [-0.2, -0.15) is 4.31 Å². The molecule has 3 rings (SSSR count). The van der Waals surface area contributed by atoms with Crippen molar-refractivity contribution < 1.29 is 18.3 Å². The highest BCUT2D eigenvalue weighted by atomic mass is 32.2. The molecule has 20 heavy (non-hydrogen) atoms. The van der Waals surface area contributed by atoms with Crippen LogP contribution in [0, 0.1) is 0 Å². The molecular weight excluding hydrogens is 300 g/mol. The molecule has 1 saturated heterocycles. The van der Waals surface area contributed by atoms with Gasteiger partial charge in [0.25, 0.3) is 0 Å². The molecule has 1 N–H and O–H groups in total. The number of nitrogens with zero attached hydrogens (tertiary/aromatic N) is 2. The fraction of sp³-hybridized carbons (Fsp3) is 0.417. The molecule has 1 aliphatic rings. The zero-order valence-electron chi connectivity index (χ0n) is 10.6. The van der Waals surface area contributed by atoms with E-state index in [0.717, 1.165) is 10.2 Å². The van der Waals surface area contributed by atoms with E-state index in [0.29, 0.717) is 6.61 Å². The van der Waals surface area contributed by atoms with Crippen molar-refractivity contribution in [1.29, 1.82) is 0 Å². The average Bonchev–Trinajstić information content (AvgIpc) is 2.94. The Bertz CT molecular complexity index is 713. The predicted octanol–water partition coefficient (Wildman–Crippen LogP) is 0.678. The number of sulfonamides is 1. The normalized spacial score (nSPS) is 21.4. The summed E-state index contributed by atoms with van der Waals surface area (Å²) in [5, 5.41) is 11.2. The Kier molecular flexibility index (Phi) is 3.74. The third kappa shape index (κ3) is 2.33. The molecule has 1 unspecified atom stereocenters. The number of morpholine rings is 1. The van der Waals surface area contributed by atoms with Gasteiger partial charge in [-0.1, -0.05) is 0 Å². The second-order valence-corrected chi connectivity index (χ2v) is 7.34.